The molecule has 5 nitrogen and oxygen atoms in total. The minimum atomic E-state index is -4.60. The molecular weight excluding hydrogens is 371 g/mol. The van der Waals surface area contributed by atoms with Gasteiger partial charge in [-0.25, -0.2) is 10.3 Å². The van der Waals surface area contributed by atoms with Gasteiger partial charge in [-0.2, -0.15) is 13.2 Å². The van der Waals surface area contributed by atoms with E-state index >= 15 is 0 Å². The van der Waals surface area contributed by atoms with Crippen molar-refractivity contribution in [2.75, 3.05) is 11.9 Å². The third-order valence-corrected chi connectivity index (χ3v) is 4.54. The predicted octanol–water partition coefficient (Wildman–Crippen LogP) is 3.97. The van der Waals surface area contributed by atoms with Crippen molar-refractivity contribution in [1.82, 2.24) is 4.40 Å². The average molecular weight is 388 g/mol. The molecule has 0 unspecified atom stereocenters. The number of nitrogens with one attached hydrogen (secondary N) is 2. The molecule has 0 aliphatic heterocycles. The lowest BCUT2D eigenvalue weighted by atomic mass is 9.92. The highest BCUT2D eigenvalue weighted by Crippen LogP contribution is 2.41. The zero-order valence-electron chi connectivity index (χ0n) is 14.9. The summed E-state index contributed by atoms with van der Waals surface area (Å²) in [4.78, 5) is 15.0. The number of allylic oxidation sites excluding steroid dienone is 2. The summed E-state index contributed by atoms with van der Waals surface area (Å²) < 4.78 is 47.5. The van der Waals surface area contributed by atoms with Crippen molar-refractivity contribution < 1.29 is 27.7 Å². The van der Waals surface area contributed by atoms with Crippen molar-refractivity contribution in [3.8, 4) is 5.75 Å². The first kappa shape index (κ1) is 18.1. The van der Waals surface area contributed by atoms with Gasteiger partial charge < -0.3 is 9.14 Å². The number of halogens is 3. The second-order valence-corrected chi connectivity index (χ2v) is 6.37. The minimum Gasteiger partial charge on any atom is -0.489 e. The summed E-state index contributed by atoms with van der Waals surface area (Å²) >= 11 is 0. The molecule has 144 valence electrons. The molecule has 0 bridgehead atoms. The van der Waals surface area contributed by atoms with Crippen LogP contribution in [0.3, 0.4) is 0 Å². The number of alkyl halides is 3. The molecule has 8 heteroatoms. The lowest BCUT2D eigenvalue weighted by Gasteiger charge is -2.16. The molecule has 2 aromatic heterocycles. The number of carbonyl (C=O) groups excluding carboxylic acids is 1. The molecule has 0 amide bonds. The van der Waals surface area contributed by atoms with Crippen LogP contribution >= 0.6 is 0 Å². The van der Waals surface area contributed by atoms with E-state index in [1.54, 1.807) is 22.9 Å². The Morgan fingerprint density at radius 1 is 1.29 bits per heavy atom. The van der Waals surface area contributed by atoms with Gasteiger partial charge in [0.2, 0.25) is 0 Å². The first-order valence-electron chi connectivity index (χ1n) is 8.73. The van der Waals surface area contributed by atoms with Gasteiger partial charge in [0.05, 0.1) is 12.2 Å². The molecule has 0 saturated heterocycles. The Morgan fingerprint density at radius 2 is 2.07 bits per heavy atom. The normalized spacial score (nSPS) is 14.0. The lowest BCUT2D eigenvalue weighted by molar-refractivity contribution is -0.360. The highest BCUT2D eigenvalue weighted by Gasteiger charge is 2.40. The molecule has 3 aromatic rings. The number of hydrogen-bond donors (Lipinski definition) is 1. The molecule has 0 spiro atoms. The highest BCUT2D eigenvalue weighted by atomic mass is 19.4. The van der Waals surface area contributed by atoms with Gasteiger partial charge in [-0.05, 0) is 25.1 Å². The van der Waals surface area contributed by atoms with Gasteiger partial charge in [0.25, 0.3) is 0 Å². The number of para-hydroxylation sites is 2. The summed E-state index contributed by atoms with van der Waals surface area (Å²) in [5.74, 6) is 0.525. The Labute approximate surface area is 158 Å². The SMILES string of the molecule is CCOc1ccccc1Nc1[nH+]ccn2cc3c(c12)CC(=O)C=C3C(F)(F)F. The van der Waals surface area contributed by atoms with Gasteiger partial charge in [0.1, 0.15) is 11.7 Å². The first-order valence-corrected chi connectivity index (χ1v) is 8.73. The topological polar surface area (TPSA) is 56.9 Å². The van der Waals surface area contributed by atoms with Crippen LogP contribution in [0.2, 0.25) is 0 Å². The van der Waals surface area contributed by atoms with Crippen LogP contribution in [0, 0.1) is 0 Å². The van der Waals surface area contributed by atoms with E-state index in [0.717, 1.165) is 0 Å². The first-order chi connectivity index (χ1) is 13.4. The number of nitrogens with zero attached hydrogens (tertiary/aromatic N) is 1. The van der Waals surface area contributed by atoms with Crippen molar-refractivity contribution in [2.24, 2.45) is 0 Å². The average Bonchev–Trinajstić information content (AvgIpc) is 3.01. The summed E-state index contributed by atoms with van der Waals surface area (Å²) in [6.45, 7) is 2.34. The fourth-order valence-corrected chi connectivity index (χ4v) is 3.42. The third kappa shape index (κ3) is 3.11. The zero-order valence-corrected chi connectivity index (χ0v) is 14.9. The van der Waals surface area contributed by atoms with Crippen LogP contribution in [-0.4, -0.2) is 23.0 Å². The number of fused-ring (bicyclic) bond motifs is 3. The summed E-state index contributed by atoms with van der Waals surface area (Å²) in [5.41, 5.74) is 0.605. The molecule has 1 aromatic carbocycles. The largest absolute Gasteiger partial charge is 0.489 e. The zero-order chi connectivity index (χ0) is 19.9. The van der Waals surface area contributed by atoms with E-state index in [-0.39, 0.29) is 12.0 Å². The minimum absolute atomic E-state index is 0.0212. The molecule has 0 radical (unpaired) electrons. The van der Waals surface area contributed by atoms with Gasteiger partial charge in [0.15, 0.2) is 17.2 Å². The second-order valence-electron chi connectivity index (χ2n) is 6.37. The van der Waals surface area contributed by atoms with Crippen LogP contribution in [0.1, 0.15) is 18.1 Å². The van der Waals surface area contributed by atoms with E-state index < -0.39 is 17.5 Å². The molecule has 0 fully saturated rings. The Balaban J connectivity index is 1.86. The van der Waals surface area contributed by atoms with E-state index in [1.807, 2.05) is 25.1 Å². The van der Waals surface area contributed by atoms with E-state index in [9.17, 15) is 18.0 Å². The Morgan fingerprint density at radius 3 is 2.82 bits per heavy atom. The molecule has 1 aliphatic carbocycles. The monoisotopic (exact) mass is 388 g/mol. The Kier molecular flexibility index (Phi) is 4.33. The van der Waals surface area contributed by atoms with Gasteiger partial charge >= 0.3 is 12.0 Å². The maximum Gasteiger partial charge on any atom is 0.417 e. The van der Waals surface area contributed by atoms with Crippen molar-refractivity contribution in [2.45, 2.75) is 19.5 Å². The van der Waals surface area contributed by atoms with Gasteiger partial charge in [-0.1, -0.05) is 12.1 Å². The molecule has 1 aliphatic rings. The van der Waals surface area contributed by atoms with Crippen molar-refractivity contribution in [3.63, 3.8) is 0 Å². The fourth-order valence-electron chi connectivity index (χ4n) is 3.42. The quantitative estimate of drug-likeness (QED) is 0.736. The number of ether oxygens (including phenoxy) is 1. The highest BCUT2D eigenvalue weighted by molar-refractivity contribution is 6.05. The Hall–Kier alpha value is -3.29. The van der Waals surface area contributed by atoms with E-state index in [0.29, 0.717) is 41.0 Å². The summed E-state index contributed by atoms with van der Waals surface area (Å²) in [6, 6.07) is 7.27. The number of hydrogen-bond acceptors (Lipinski definition) is 3. The third-order valence-electron chi connectivity index (χ3n) is 4.54. The summed E-state index contributed by atoms with van der Waals surface area (Å²) in [5, 5.41) is 3.19. The van der Waals surface area contributed by atoms with Crippen molar-refractivity contribution >= 4 is 28.4 Å². The van der Waals surface area contributed by atoms with Crippen LogP contribution in [-0.2, 0) is 11.2 Å². The van der Waals surface area contributed by atoms with Gasteiger partial charge in [0, 0.05) is 29.9 Å². The molecule has 2 N–H and O–H groups in total. The Bertz CT molecular complexity index is 1100. The van der Waals surface area contributed by atoms with Gasteiger partial charge in [-0.3, -0.25) is 4.79 Å². The maximum atomic E-state index is 13.4. The van der Waals surface area contributed by atoms with Crippen LogP contribution in [0.15, 0.2) is 48.9 Å². The number of anilines is 2. The molecular formula is C20H17F3N3O2+. The number of ketones is 1. The molecule has 0 saturated carbocycles. The lowest BCUT2D eigenvalue weighted by Crippen LogP contribution is -2.18. The van der Waals surface area contributed by atoms with E-state index in [4.69, 9.17) is 4.74 Å². The molecule has 28 heavy (non-hydrogen) atoms. The van der Waals surface area contributed by atoms with E-state index in [1.165, 1.54) is 6.20 Å². The maximum absolute atomic E-state index is 13.4. The van der Waals surface area contributed by atoms with Crippen molar-refractivity contribution in [3.05, 3.63) is 60.1 Å². The predicted molar refractivity (Wildman–Crippen MR) is 97.6 cm³/mol. The smallest absolute Gasteiger partial charge is 0.417 e. The number of benzene rings is 1. The van der Waals surface area contributed by atoms with Crippen molar-refractivity contribution in [1.29, 1.82) is 0 Å². The van der Waals surface area contributed by atoms with Crippen LogP contribution in [0.25, 0.3) is 11.1 Å². The molecule has 4 rings (SSSR count). The number of aromatic amines is 1. The number of H-pyrrole nitrogens is 1. The van der Waals surface area contributed by atoms with Crippen LogP contribution in [0.4, 0.5) is 24.7 Å². The summed E-state index contributed by atoms with van der Waals surface area (Å²) in [6.07, 6.45) is 0.626. The summed E-state index contributed by atoms with van der Waals surface area (Å²) in [7, 11) is 0. The van der Waals surface area contributed by atoms with Crippen LogP contribution in [0.5, 0.6) is 5.75 Å². The number of rotatable bonds is 4. The fraction of sp³-hybridized carbons (Fsp3) is 0.200. The molecule has 2 heterocycles. The second kappa shape index (κ2) is 6.70. The van der Waals surface area contributed by atoms with Gasteiger partial charge in [-0.15, -0.1) is 0 Å². The van der Waals surface area contributed by atoms with E-state index in [2.05, 4.69) is 10.3 Å². The standard InChI is InChI=1S/C20H16F3N3O2/c1-2-28-17-6-4-3-5-16(17)25-19-18-13-9-12(27)10-15(20(21,22)23)14(13)11-26(18)8-7-24-19/h3-8,10-11H,2,9H2,1H3,(H,24,25)/p+1. The number of aromatic nitrogens is 2. The number of carbonyl (C=O) groups is 1. The van der Waals surface area contributed by atoms with Crippen LogP contribution < -0.4 is 15.0 Å². The molecule has 0 atom stereocenters.